The van der Waals surface area contributed by atoms with Crippen LogP contribution in [-0.2, 0) is 4.74 Å². The van der Waals surface area contributed by atoms with E-state index in [0.717, 1.165) is 11.3 Å². The first-order chi connectivity index (χ1) is 7.19. The fourth-order valence-electron chi connectivity index (χ4n) is 1.35. The van der Waals surface area contributed by atoms with Gasteiger partial charge in [0.05, 0.1) is 7.11 Å². The molecule has 0 aliphatic heterocycles. The van der Waals surface area contributed by atoms with Crippen molar-refractivity contribution >= 4 is 5.78 Å². The molecule has 0 radical (unpaired) electrons. The monoisotopic (exact) mass is 208 g/mol. The Hall–Kier alpha value is -1.35. The summed E-state index contributed by atoms with van der Waals surface area (Å²) in [6.45, 7) is 4.46. The first-order valence-electron chi connectivity index (χ1n) is 4.94. The fourth-order valence-corrected chi connectivity index (χ4v) is 1.35. The van der Waals surface area contributed by atoms with Gasteiger partial charge in [0.15, 0.2) is 5.78 Å². The van der Waals surface area contributed by atoms with Crippen molar-refractivity contribution in [3.05, 3.63) is 29.3 Å². The van der Waals surface area contributed by atoms with Crippen LogP contribution < -0.4 is 4.74 Å². The number of rotatable bonds is 5. The second-order valence-corrected chi connectivity index (χ2v) is 3.24. The van der Waals surface area contributed by atoms with Gasteiger partial charge in [0.2, 0.25) is 0 Å². The Balaban J connectivity index is 2.81. The molecule has 0 bridgehead atoms. The molecule has 0 aromatic heterocycles. The molecule has 0 fully saturated rings. The smallest absolute Gasteiger partial charge is 0.188 e. The third kappa shape index (κ3) is 3.06. The van der Waals surface area contributed by atoms with Crippen LogP contribution in [0.1, 0.15) is 22.8 Å². The van der Waals surface area contributed by atoms with Crippen molar-refractivity contribution in [2.24, 2.45) is 0 Å². The van der Waals surface area contributed by atoms with Crippen LogP contribution >= 0.6 is 0 Å². The summed E-state index contributed by atoms with van der Waals surface area (Å²) in [5.41, 5.74) is 1.61. The maximum absolute atomic E-state index is 11.7. The molecule has 0 amide bonds. The SMILES string of the molecule is CCOCC(=O)c1ccc(OC)cc1C. The highest BCUT2D eigenvalue weighted by Crippen LogP contribution is 2.17. The van der Waals surface area contributed by atoms with Gasteiger partial charge in [0, 0.05) is 12.2 Å². The zero-order valence-corrected chi connectivity index (χ0v) is 9.37. The molecule has 1 aromatic carbocycles. The van der Waals surface area contributed by atoms with Gasteiger partial charge in [0.1, 0.15) is 12.4 Å². The number of carbonyl (C=O) groups is 1. The number of aryl methyl sites for hydroxylation is 1. The number of ether oxygens (including phenoxy) is 2. The maximum atomic E-state index is 11.7. The topological polar surface area (TPSA) is 35.5 Å². The molecular formula is C12H16O3. The van der Waals surface area contributed by atoms with E-state index in [1.54, 1.807) is 19.2 Å². The van der Waals surface area contributed by atoms with Crippen molar-refractivity contribution in [2.45, 2.75) is 13.8 Å². The molecule has 0 spiro atoms. The van der Waals surface area contributed by atoms with E-state index in [2.05, 4.69) is 0 Å². The first kappa shape index (κ1) is 11.7. The largest absolute Gasteiger partial charge is 0.497 e. The highest BCUT2D eigenvalue weighted by atomic mass is 16.5. The van der Waals surface area contributed by atoms with Crippen LogP contribution in [0.15, 0.2) is 18.2 Å². The molecule has 0 saturated carbocycles. The minimum absolute atomic E-state index is 0.0111. The molecule has 0 aliphatic carbocycles. The van der Waals surface area contributed by atoms with Crippen LogP contribution in [-0.4, -0.2) is 26.1 Å². The Kier molecular flexibility index (Phi) is 4.31. The Morgan fingerprint density at radius 3 is 2.67 bits per heavy atom. The summed E-state index contributed by atoms with van der Waals surface area (Å²) in [6, 6.07) is 5.40. The molecule has 82 valence electrons. The number of Topliss-reactive ketones (excluding diaryl/α,β-unsaturated/α-hetero) is 1. The van der Waals surface area contributed by atoms with Gasteiger partial charge in [-0.25, -0.2) is 0 Å². The molecule has 1 rings (SSSR count). The number of ketones is 1. The average molecular weight is 208 g/mol. The normalized spacial score (nSPS) is 10.1. The molecule has 0 aliphatic rings. The van der Waals surface area contributed by atoms with E-state index in [0.29, 0.717) is 12.2 Å². The van der Waals surface area contributed by atoms with Gasteiger partial charge < -0.3 is 9.47 Å². The van der Waals surface area contributed by atoms with Crippen LogP contribution in [0.2, 0.25) is 0 Å². The molecule has 1 aromatic rings. The highest BCUT2D eigenvalue weighted by molar-refractivity contribution is 5.98. The van der Waals surface area contributed by atoms with Gasteiger partial charge in [-0.05, 0) is 37.6 Å². The van der Waals surface area contributed by atoms with Crippen LogP contribution in [0.3, 0.4) is 0 Å². The standard InChI is InChI=1S/C12H16O3/c1-4-15-8-12(13)11-6-5-10(14-3)7-9(11)2/h5-7H,4,8H2,1-3H3. The summed E-state index contributed by atoms with van der Waals surface area (Å²) >= 11 is 0. The number of methoxy groups -OCH3 is 1. The summed E-state index contributed by atoms with van der Waals surface area (Å²) in [7, 11) is 1.61. The van der Waals surface area contributed by atoms with Gasteiger partial charge in [-0.15, -0.1) is 0 Å². The van der Waals surface area contributed by atoms with E-state index in [1.165, 1.54) is 0 Å². The zero-order valence-electron chi connectivity index (χ0n) is 9.37. The average Bonchev–Trinajstić information content (AvgIpc) is 2.25. The third-order valence-corrected chi connectivity index (χ3v) is 2.17. The Labute approximate surface area is 90.0 Å². The second-order valence-electron chi connectivity index (χ2n) is 3.24. The fraction of sp³-hybridized carbons (Fsp3) is 0.417. The molecule has 15 heavy (non-hydrogen) atoms. The lowest BCUT2D eigenvalue weighted by molar-refractivity contribution is 0.0782. The van der Waals surface area contributed by atoms with Gasteiger partial charge in [-0.2, -0.15) is 0 Å². The lowest BCUT2D eigenvalue weighted by Crippen LogP contribution is -2.10. The molecule has 0 unspecified atom stereocenters. The van der Waals surface area contributed by atoms with E-state index >= 15 is 0 Å². The van der Waals surface area contributed by atoms with Crippen molar-refractivity contribution in [1.29, 1.82) is 0 Å². The van der Waals surface area contributed by atoms with E-state index in [4.69, 9.17) is 9.47 Å². The van der Waals surface area contributed by atoms with Crippen molar-refractivity contribution in [3.63, 3.8) is 0 Å². The summed E-state index contributed by atoms with van der Waals surface area (Å²) in [5.74, 6) is 0.775. The van der Waals surface area contributed by atoms with Gasteiger partial charge in [0.25, 0.3) is 0 Å². The van der Waals surface area contributed by atoms with Crippen molar-refractivity contribution in [3.8, 4) is 5.75 Å². The summed E-state index contributed by atoms with van der Waals surface area (Å²) in [6.07, 6.45) is 0. The Bertz CT molecular complexity index is 345. The Morgan fingerprint density at radius 2 is 2.13 bits per heavy atom. The summed E-state index contributed by atoms with van der Waals surface area (Å²) in [4.78, 5) is 11.7. The minimum atomic E-state index is 0.0111. The molecule has 3 nitrogen and oxygen atoms in total. The minimum Gasteiger partial charge on any atom is -0.497 e. The zero-order chi connectivity index (χ0) is 11.3. The lowest BCUT2D eigenvalue weighted by atomic mass is 10.1. The molecule has 0 atom stereocenters. The summed E-state index contributed by atoms with van der Waals surface area (Å²) in [5, 5.41) is 0. The van der Waals surface area contributed by atoms with E-state index in [-0.39, 0.29) is 12.4 Å². The van der Waals surface area contributed by atoms with E-state index in [9.17, 15) is 4.79 Å². The molecule has 0 heterocycles. The number of carbonyl (C=O) groups excluding carboxylic acids is 1. The highest BCUT2D eigenvalue weighted by Gasteiger charge is 2.09. The van der Waals surface area contributed by atoms with Crippen LogP contribution in [0, 0.1) is 6.92 Å². The Morgan fingerprint density at radius 1 is 1.40 bits per heavy atom. The number of hydrogen-bond donors (Lipinski definition) is 0. The maximum Gasteiger partial charge on any atom is 0.188 e. The van der Waals surface area contributed by atoms with Crippen molar-refractivity contribution < 1.29 is 14.3 Å². The molecular weight excluding hydrogens is 192 g/mol. The predicted octanol–water partition coefficient (Wildman–Crippen LogP) is 2.22. The molecule has 3 heteroatoms. The number of hydrogen-bond acceptors (Lipinski definition) is 3. The quantitative estimate of drug-likeness (QED) is 0.696. The lowest BCUT2D eigenvalue weighted by Gasteiger charge is -2.07. The van der Waals surface area contributed by atoms with E-state index < -0.39 is 0 Å². The third-order valence-electron chi connectivity index (χ3n) is 2.17. The number of benzene rings is 1. The first-order valence-corrected chi connectivity index (χ1v) is 4.94. The van der Waals surface area contributed by atoms with Crippen LogP contribution in [0.4, 0.5) is 0 Å². The predicted molar refractivity (Wildman–Crippen MR) is 58.6 cm³/mol. The van der Waals surface area contributed by atoms with Gasteiger partial charge >= 0.3 is 0 Å². The summed E-state index contributed by atoms with van der Waals surface area (Å²) < 4.78 is 10.1. The van der Waals surface area contributed by atoms with Gasteiger partial charge in [-0.1, -0.05) is 0 Å². The van der Waals surface area contributed by atoms with E-state index in [1.807, 2.05) is 19.9 Å². The second kappa shape index (κ2) is 5.51. The van der Waals surface area contributed by atoms with Crippen molar-refractivity contribution in [1.82, 2.24) is 0 Å². The molecule has 0 saturated heterocycles. The van der Waals surface area contributed by atoms with Crippen LogP contribution in [0.5, 0.6) is 5.75 Å². The van der Waals surface area contributed by atoms with Gasteiger partial charge in [-0.3, -0.25) is 4.79 Å². The van der Waals surface area contributed by atoms with Crippen LogP contribution in [0.25, 0.3) is 0 Å². The molecule has 0 N–H and O–H groups in total. The van der Waals surface area contributed by atoms with Crippen molar-refractivity contribution in [2.75, 3.05) is 20.3 Å².